The Hall–Kier alpha value is -3.68. The molecular formula is C20H19N5O3. The van der Waals surface area contributed by atoms with Gasteiger partial charge in [-0.2, -0.15) is 0 Å². The molecule has 0 atom stereocenters. The summed E-state index contributed by atoms with van der Waals surface area (Å²) in [5, 5.41) is 2.76. The molecule has 4 rings (SSSR count). The van der Waals surface area contributed by atoms with E-state index in [9.17, 15) is 14.4 Å². The molecule has 1 fully saturated rings. The second kappa shape index (κ2) is 7.15. The minimum absolute atomic E-state index is 0.0828. The molecule has 3 heterocycles. The lowest BCUT2D eigenvalue weighted by molar-refractivity contribution is 0.0996. The summed E-state index contributed by atoms with van der Waals surface area (Å²) in [4.78, 5) is 43.4. The normalized spacial score (nSPS) is 13.6. The van der Waals surface area contributed by atoms with Crippen LogP contribution in [0.2, 0.25) is 0 Å². The van der Waals surface area contributed by atoms with Gasteiger partial charge in [0.05, 0.1) is 11.4 Å². The molecule has 8 nitrogen and oxygen atoms in total. The number of primary amides is 1. The van der Waals surface area contributed by atoms with Crippen LogP contribution in [-0.4, -0.2) is 34.3 Å². The van der Waals surface area contributed by atoms with E-state index in [0.717, 1.165) is 31.6 Å². The summed E-state index contributed by atoms with van der Waals surface area (Å²) in [6.07, 6.45) is 4.94. The Kier molecular flexibility index (Phi) is 4.52. The fourth-order valence-corrected chi connectivity index (χ4v) is 3.40. The number of benzene rings is 1. The first kappa shape index (κ1) is 17.7. The van der Waals surface area contributed by atoms with Gasteiger partial charge in [0.2, 0.25) is 5.91 Å². The summed E-state index contributed by atoms with van der Waals surface area (Å²) in [5.41, 5.74) is 6.82. The molecule has 1 aromatic carbocycles. The number of hydrogen-bond acceptors (Lipinski definition) is 5. The standard InChI is InChI=1S/C20H19N5O3/c21-18(26)13-6-7-16(24-8-3-4-9-24)15(11-13)23-19(27)14-12-22-17-5-1-2-10-25(17)20(14)28/h1-2,5-7,10-12H,3-4,8-9H2,(H2,21,26)(H,23,27). The van der Waals surface area contributed by atoms with Crippen LogP contribution in [0.25, 0.3) is 5.65 Å². The van der Waals surface area contributed by atoms with Gasteiger partial charge in [-0.1, -0.05) is 6.07 Å². The monoisotopic (exact) mass is 377 g/mol. The first-order valence-electron chi connectivity index (χ1n) is 9.01. The number of rotatable bonds is 4. The molecule has 2 aromatic heterocycles. The molecule has 1 aliphatic heterocycles. The maximum Gasteiger partial charge on any atom is 0.270 e. The van der Waals surface area contributed by atoms with E-state index in [-0.39, 0.29) is 11.1 Å². The van der Waals surface area contributed by atoms with Crippen LogP contribution in [0.1, 0.15) is 33.6 Å². The number of nitrogens with one attached hydrogen (secondary N) is 1. The van der Waals surface area contributed by atoms with Crippen molar-refractivity contribution in [2.45, 2.75) is 12.8 Å². The average molecular weight is 377 g/mol. The molecule has 1 saturated heterocycles. The summed E-state index contributed by atoms with van der Waals surface area (Å²) in [5.74, 6) is -1.17. The van der Waals surface area contributed by atoms with Gasteiger partial charge in [-0.15, -0.1) is 0 Å². The quantitative estimate of drug-likeness (QED) is 0.718. The van der Waals surface area contributed by atoms with Crippen molar-refractivity contribution in [3.05, 3.63) is 70.3 Å². The molecule has 0 unspecified atom stereocenters. The maximum absolute atomic E-state index is 12.8. The van der Waals surface area contributed by atoms with Gasteiger partial charge in [0.1, 0.15) is 11.2 Å². The van der Waals surface area contributed by atoms with E-state index in [0.29, 0.717) is 11.3 Å². The number of carbonyl (C=O) groups excluding carboxylic acids is 2. The summed E-state index contributed by atoms with van der Waals surface area (Å²) in [6, 6.07) is 10.1. The minimum Gasteiger partial charge on any atom is -0.370 e. The van der Waals surface area contributed by atoms with E-state index in [1.54, 1.807) is 42.6 Å². The van der Waals surface area contributed by atoms with Crippen LogP contribution in [0.5, 0.6) is 0 Å². The van der Waals surface area contributed by atoms with Crippen molar-refractivity contribution in [3.63, 3.8) is 0 Å². The van der Waals surface area contributed by atoms with Crippen LogP contribution in [-0.2, 0) is 0 Å². The molecular weight excluding hydrogens is 358 g/mol. The first-order chi connectivity index (χ1) is 13.5. The molecule has 0 saturated carbocycles. The number of nitrogens with zero attached hydrogens (tertiary/aromatic N) is 3. The van der Waals surface area contributed by atoms with E-state index in [4.69, 9.17) is 5.73 Å². The highest BCUT2D eigenvalue weighted by Gasteiger charge is 2.20. The zero-order valence-electron chi connectivity index (χ0n) is 15.1. The van der Waals surface area contributed by atoms with Gasteiger partial charge in [0, 0.05) is 31.0 Å². The third-order valence-corrected chi connectivity index (χ3v) is 4.83. The van der Waals surface area contributed by atoms with Crippen LogP contribution in [0.4, 0.5) is 11.4 Å². The number of pyridine rings is 1. The Morgan fingerprint density at radius 2 is 1.89 bits per heavy atom. The number of nitrogens with two attached hydrogens (primary N) is 1. The molecule has 1 aliphatic rings. The van der Waals surface area contributed by atoms with Gasteiger partial charge < -0.3 is 16.0 Å². The highest BCUT2D eigenvalue weighted by atomic mass is 16.2. The lowest BCUT2D eigenvalue weighted by atomic mass is 10.1. The van der Waals surface area contributed by atoms with Gasteiger partial charge in [0.15, 0.2) is 0 Å². The molecule has 142 valence electrons. The fraction of sp³-hybridized carbons (Fsp3) is 0.200. The highest BCUT2D eigenvalue weighted by molar-refractivity contribution is 6.06. The third kappa shape index (κ3) is 3.20. The molecule has 3 aromatic rings. The predicted octanol–water partition coefficient (Wildman–Crippen LogP) is 1.65. The van der Waals surface area contributed by atoms with Gasteiger partial charge >= 0.3 is 0 Å². The number of aromatic nitrogens is 2. The third-order valence-electron chi connectivity index (χ3n) is 4.83. The van der Waals surface area contributed by atoms with Crippen molar-refractivity contribution in [3.8, 4) is 0 Å². The SMILES string of the molecule is NC(=O)c1ccc(N2CCCC2)c(NC(=O)c2cnc3ccccn3c2=O)c1. The van der Waals surface area contributed by atoms with Crippen LogP contribution < -0.4 is 21.5 Å². The zero-order valence-corrected chi connectivity index (χ0v) is 15.1. The Labute approximate surface area is 160 Å². The number of anilines is 2. The van der Waals surface area contributed by atoms with Crippen LogP contribution in [0.3, 0.4) is 0 Å². The highest BCUT2D eigenvalue weighted by Crippen LogP contribution is 2.30. The topological polar surface area (TPSA) is 110 Å². The van der Waals surface area contributed by atoms with Crippen molar-refractivity contribution in [2.24, 2.45) is 5.73 Å². The summed E-state index contributed by atoms with van der Waals surface area (Å²) < 4.78 is 1.32. The maximum atomic E-state index is 12.8. The van der Waals surface area contributed by atoms with Crippen molar-refractivity contribution in [1.82, 2.24) is 9.38 Å². The van der Waals surface area contributed by atoms with Gasteiger partial charge in [-0.25, -0.2) is 4.98 Å². The Morgan fingerprint density at radius 1 is 1.11 bits per heavy atom. The van der Waals surface area contributed by atoms with Gasteiger partial charge in [-0.05, 0) is 43.2 Å². The Balaban J connectivity index is 1.72. The van der Waals surface area contributed by atoms with Crippen molar-refractivity contribution >= 4 is 28.8 Å². The number of amides is 2. The molecule has 3 N–H and O–H groups in total. The smallest absolute Gasteiger partial charge is 0.270 e. The van der Waals surface area contributed by atoms with E-state index >= 15 is 0 Å². The van der Waals surface area contributed by atoms with Gasteiger partial charge in [-0.3, -0.25) is 18.8 Å². The minimum atomic E-state index is -0.587. The Morgan fingerprint density at radius 3 is 2.64 bits per heavy atom. The number of carbonyl (C=O) groups is 2. The summed E-state index contributed by atoms with van der Waals surface area (Å²) in [7, 11) is 0. The van der Waals surface area contributed by atoms with Crippen LogP contribution in [0.15, 0.2) is 53.6 Å². The molecule has 8 heteroatoms. The molecule has 0 aliphatic carbocycles. The predicted molar refractivity (Wildman–Crippen MR) is 106 cm³/mol. The average Bonchev–Trinajstić information content (AvgIpc) is 3.23. The largest absolute Gasteiger partial charge is 0.370 e. The first-order valence-corrected chi connectivity index (χ1v) is 9.01. The van der Waals surface area contributed by atoms with Crippen LogP contribution in [0, 0.1) is 0 Å². The Bertz CT molecular complexity index is 1130. The summed E-state index contributed by atoms with van der Waals surface area (Å²) >= 11 is 0. The molecule has 0 radical (unpaired) electrons. The summed E-state index contributed by atoms with van der Waals surface area (Å²) in [6.45, 7) is 1.72. The fourth-order valence-electron chi connectivity index (χ4n) is 3.40. The van der Waals surface area contributed by atoms with Gasteiger partial charge in [0.25, 0.3) is 11.5 Å². The van der Waals surface area contributed by atoms with E-state index in [2.05, 4.69) is 15.2 Å². The zero-order chi connectivity index (χ0) is 19.7. The lowest BCUT2D eigenvalue weighted by Crippen LogP contribution is -2.28. The molecule has 0 spiro atoms. The number of fused-ring (bicyclic) bond motifs is 1. The van der Waals surface area contributed by atoms with Crippen molar-refractivity contribution < 1.29 is 9.59 Å². The van der Waals surface area contributed by atoms with Crippen molar-refractivity contribution in [2.75, 3.05) is 23.3 Å². The second-order valence-corrected chi connectivity index (χ2v) is 6.65. The van der Waals surface area contributed by atoms with E-state index in [1.165, 1.54) is 10.6 Å². The molecule has 2 amide bonds. The molecule has 28 heavy (non-hydrogen) atoms. The molecule has 0 bridgehead atoms. The van der Waals surface area contributed by atoms with Crippen LogP contribution >= 0.6 is 0 Å². The lowest BCUT2D eigenvalue weighted by Gasteiger charge is -2.22. The van der Waals surface area contributed by atoms with Crippen molar-refractivity contribution in [1.29, 1.82) is 0 Å². The second-order valence-electron chi connectivity index (χ2n) is 6.65. The van der Waals surface area contributed by atoms with E-state index in [1.807, 2.05) is 0 Å². The van der Waals surface area contributed by atoms with E-state index < -0.39 is 17.4 Å². The number of hydrogen-bond donors (Lipinski definition) is 2.